The Bertz CT molecular complexity index is 777. The van der Waals surface area contributed by atoms with Gasteiger partial charge in [-0.05, 0) is 23.1 Å². The van der Waals surface area contributed by atoms with Crippen molar-refractivity contribution in [1.29, 1.82) is 0 Å². The van der Waals surface area contributed by atoms with Gasteiger partial charge in [-0.2, -0.15) is 0 Å². The van der Waals surface area contributed by atoms with Crippen LogP contribution >= 0.6 is 12.2 Å². The van der Waals surface area contributed by atoms with Crippen LogP contribution in [-0.4, -0.2) is 15.0 Å². The Hall–Kier alpha value is -2.20. The summed E-state index contributed by atoms with van der Waals surface area (Å²) in [6, 6.07) is 16.3. The highest BCUT2D eigenvalue weighted by atomic mass is 32.1. The predicted octanol–water partition coefficient (Wildman–Crippen LogP) is 4.65. The minimum absolute atomic E-state index is 0.145. The van der Waals surface area contributed by atoms with E-state index in [2.05, 4.69) is 60.3 Å². The lowest BCUT2D eigenvalue weighted by Gasteiger charge is -2.19. The second-order valence-electron chi connectivity index (χ2n) is 6.38. The van der Waals surface area contributed by atoms with Crippen LogP contribution in [0.2, 0.25) is 0 Å². The fourth-order valence-electron chi connectivity index (χ4n) is 2.31. The third kappa shape index (κ3) is 3.02. The molecule has 0 unspecified atom stereocenters. The van der Waals surface area contributed by atoms with Crippen LogP contribution in [0.3, 0.4) is 0 Å². The molecule has 112 valence electrons. The lowest BCUT2D eigenvalue weighted by atomic mass is 9.87. The Balaban J connectivity index is 1.79. The molecular formula is C18H19N3S. The van der Waals surface area contributed by atoms with E-state index < -0.39 is 0 Å². The molecule has 4 heteroatoms. The first-order valence-corrected chi connectivity index (χ1v) is 7.71. The Kier molecular flexibility index (Phi) is 3.71. The summed E-state index contributed by atoms with van der Waals surface area (Å²) in [6.45, 7) is 6.60. The van der Waals surface area contributed by atoms with E-state index in [0.717, 1.165) is 16.6 Å². The fourth-order valence-corrected chi connectivity index (χ4v) is 2.55. The molecule has 3 nitrogen and oxygen atoms in total. The summed E-state index contributed by atoms with van der Waals surface area (Å²) in [7, 11) is 0. The minimum Gasteiger partial charge on any atom is -0.324 e. The van der Waals surface area contributed by atoms with E-state index in [4.69, 9.17) is 12.2 Å². The van der Waals surface area contributed by atoms with Crippen molar-refractivity contribution < 1.29 is 0 Å². The van der Waals surface area contributed by atoms with Gasteiger partial charge in [-0.1, -0.05) is 69.4 Å². The predicted molar refractivity (Wildman–Crippen MR) is 96.6 cm³/mol. The number of nitrogens with zero attached hydrogens (tertiary/aromatic N) is 1. The molecule has 3 rings (SSSR count). The molecule has 1 heterocycles. The Labute approximate surface area is 135 Å². The van der Waals surface area contributed by atoms with Crippen molar-refractivity contribution in [2.24, 2.45) is 0 Å². The molecule has 0 bridgehead atoms. The zero-order valence-electron chi connectivity index (χ0n) is 13.0. The normalized spacial score (nSPS) is 11.6. The van der Waals surface area contributed by atoms with Crippen molar-refractivity contribution in [2.45, 2.75) is 26.2 Å². The van der Waals surface area contributed by atoms with Gasteiger partial charge in [0.05, 0.1) is 11.0 Å². The number of aromatic amines is 1. The number of benzene rings is 2. The highest BCUT2D eigenvalue weighted by molar-refractivity contribution is 7.81. The van der Waals surface area contributed by atoms with Gasteiger partial charge in [0.2, 0.25) is 5.95 Å². The number of fused-ring (bicyclic) bond motifs is 1. The lowest BCUT2D eigenvalue weighted by Crippen LogP contribution is -2.14. The second kappa shape index (κ2) is 5.54. The van der Waals surface area contributed by atoms with Gasteiger partial charge in [0.25, 0.3) is 0 Å². The highest BCUT2D eigenvalue weighted by Gasteiger charge is 2.13. The Morgan fingerprint density at radius 2 is 1.73 bits per heavy atom. The molecule has 2 aromatic carbocycles. The summed E-state index contributed by atoms with van der Waals surface area (Å²) in [5, 5.41) is 3.17. The number of rotatable bonds is 2. The maximum Gasteiger partial charge on any atom is 0.206 e. The SMILES string of the molecule is CC(C)(C)c1ccc(C(=S)Nc2nc3ccccc3[nH]2)cc1. The van der Waals surface area contributed by atoms with Crippen molar-refractivity contribution in [3.05, 3.63) is 59.7 Å². The maximum absolute atomic E-state index is 5.47. The third-order valence-electron chi connectivity index (χ3n) is 3.63. The van der Waals surface area contributed by atoms with Gasteiger partial charge in [0.15, 0.2) is 0 Å². The number of hydrogen-bond donors (Lipinski definition) is 2. The van der Waals surface area contributed by atoms with Crippen molar-refractivity contribution in [2.75, 3.05) is 5.32 Å². The highest BCUT2D eigenvalue weighted by Crippen LogP contribution is 2.22. The number of H-pyrrole nitrogens is 1. The maximum atomic E-state index is 5.47. The van der Waals surface area contributed by atoms with Gasteiger partial charge in [-0.15, -0.1) is 0 Å². The molecule has 0 atom stereocenters. The first kappa shape index (κ1) is 14.7. The van der Waals surface area contributed by atoms with Crippen LogP contribution in [0.4, 0.5) is 5.95 Å². The zero-order chi connectivity index (χ0) is 15.7. The van der Waals surface area contributed by atoms with Gasteiger partial charge >= 0.3 is 0 Å². The summed E-state index contributed by atoms with van der Waals surface area (Å²) in [5.41, 5.74) is 4.35. The summed E-state index contributed by atoms with van der Waals surface area (Å²) in [4.78, 5) is 8.37. The first-order chi connectivity index (χ1) is 10.4. The van der Waals surface area contributed by atoms with E-state index in [1.54, 1.807) is 0 Å². The van der Waals surface area contributed by atoms with E-state index in [1.807, 2.05) is 24.3 Å². The number of hydrogen-bond acceptors (Lipinski definition) is 2. The molecule has 0 fully saturated rings. The van der Waals surface area contributed by atoms with Crippen LogP contribution < -0.4 is 5.32 Å². The number of aromatic nitrogens is 2. The van der Waals surface area contributed by atoms with Crippen LogP contribution in [0.15, 0.2) is 48.5 Å². The minimum atomic E-state index is 0.145. The number of imidazole rings is 1. The number of para-hydroxylation sites is 2. The standard InChI is InChI=1S/C18H19N3S/c1-18(2,3)13-10-8-12(9-11-13)16(22)21-17-19-14-6-4-5-7-15(14)20-17/h4-11H,1-3H3,(H2,19,20,21,22). The summed E-state index contributed by atoms with van der Waals surface area (Å²) in [5.74, 6) is 0.672. The topological polar surface area (TPSA) is 40.7 Å². The lowest BCUT2D eigenvalue weighted by molar-refractivity contribution is 0.590. The quantitative estimate of drug-likeness (QED) is 0.677. The van der Waals surface area contributed by atoms with Crippen molar-refractivity contribution >= 4 is 34.2 Å². The summed E-state index contributed by atoms with van der Waals surface area (Å²) in [6.07, 6.45) is 0. The molecule has 0 radical (unpaired) electrons. The Morgan fingerprint density at radius 3 is 2.36 bits per heavy atom. The first-order valence-electron chi connectivity index (χ1n) is 7.30. The molecule has 0 aliphatic rings. The van der Waals surface area contributed by atoms with Crippen LogP contribution in [0.1, 0.15) is 31.9 Å². The van der Waals surface area contributed by atoms with Gasteiger partial charge < -0.3 is 10.3 Å². The molecular weight excluding hydrogens is 290 g/mol. The number of thiocarbonyl (C=S) groups is 1. The molecule has 0 aliphatic heterocycles. The van der Waals surface area contributed by atoms with Crippen LogP contribution in [0, 0.1) is 0 Å². The average Bonchev–Trinajstić information content (AvgIpc) is 2.88. The summed E-state index contributed by atoms with van der Waals surface area (Å²) >= 11 is 5.47. The number of nitrogens with one attached hydrogen (secondary N) is 2. The van der Waals surface area contributed by atoms with E-state index in [0.29, 0.717) is 10.9 Å². The van der Waals surface area contributed by atoms with Crippen LogP contribution in [0.25, 0.3) is 11.0 Å². The van der Waals surface area contributed by atoms with Crippen LogP contribution in [0.5, 0.6) is 0 Å². The van der Waals surface area contributed by atoms with Crippen molar-refractivity contribution in [3.8, 4) is 0 Å². The molecule has 2 N–H and O–H groups in total. The average molecular weight is 309 g/mol. The zero-order valence-corrected chi connectivity index (χ0v) is 13.8. The molecule has 0 spiro atoms. The molecule has 0 aliphatic carbocycles. The van der Waals surface area contributed by atoms with E-state index in [-0.39, 0.29) is 5.41 Å². The number of anilines is 1. The monoisotopic (exact) mass is 309 g/mol. The molecule has 22 heavy (non-hydrogen) atoms. The van der Waals surface area contributed by atoms with E-state index in [9.17, 15) is 0 Å². The molecule has 3 aromatic rings. The molecule has 0 saturated heterocycles. The van der Waals surface area contributed by atoms with Crippen LogP contribution in [-0.2, 0) is 5.41 Å². The van der Waals surface area contributed by atoms with E-state index in [1.165, 1.54) is 5.56 Å². The Morgan fingerprint density at radius 1 is 1.05 bits per heavy atom. The van der Waals surface area contributed by atoms with Gasteiger partial charge in [0.1, 0.15) is 4.99 Å². The largest absolute Gasteiger partial charge is 0.324 e. The van der Waals surface area contributed by atoms with Gasteiger partial charge in [-0.25, -0.2) is 4.98 Å². The van der Waals surface area contributed by atoms with Crippen molar-refractivity contribution in [1.82, 2.24) is 9.97 Å². The smallest absolute Gasteiger partial charge is 0.206 e. The third-order valence-corrected chi connectivity index (χ3v) is 3.97. The van der Waals surface area contributed by atoms with Gasteiger partial charge in [0, 0.05) is 5.56 Å². The van der Waals surface area contributed by atoms with Crippen molar-refractivity contribution in [3.63, 3.8) is 0 Å². The molecule has 0 amide bonds. The summed E-state index contributed by atoms with van der Waals surface area (Å²) < 4.78 is 0. The van der Waals surface area contributed by atoms with Gasteiger partial charge in [-0.3, -0.25) is 0 Å². The fraction of sp³-hybridized carbons (Fsp3) is 0.222. The second-order valence-corrected chi connectivity index (χ2v) is 6.79. The van der Waals surface area contributed by atoms with E-state index >= 15 is 0 Å². The molecule has 1 aromatic heterocycles. The molecule has 0 saturated carbocycles.